The summed E-state index contributed by atoms with van der Waals surface area (Å²) in [4.78, 5) is 24.6. The lowest BCUT2D eigenvalue weighted by molar-refractivity contribution is -0.122. The molecule has 0 atom stereocenters. The van der Waals surface area contributed by atoms with Gasteiger partial charge in [0, 0.05) is 11.1 Å². The molecule has 4 rings (SSSR count). The molecule has 9 nitrogen and oxygen atoms in total. The summed E-state index contributed by atoms with van der Waals surface area (Å²) in [6.45, 7) is 1.97. The van der Waals surface area contributed by atoms with Crippen LogP contribution in [0.3, 0.4) is 0 Å². The second kappa shape index (κ2) is 7.76. The van der Waals surface area contributed by atoms with Gasteiger partial charge in [-0.1, -0.05) is 23.8 Å². The highest BCUT2D eigenvalue weighted by molar-refractivity contribution is 7.71. The molecule has 0 spiro atoms. The predicted molar refractivity (Wildman–Crippen MR) is 106 cm³/mol. The second-order valence-corrected chi connectivity index (χ2v) is 6.77. The van der Waals surface area contributed by atoms with Crippen molar-refractivity contribution in [2.75, 3.05) is 6.79 Å². The maximum atomic E-state index is 12.4. The quantitative estimate of drug-likeness (QED) is 0.448. The number of nitrogens with one attached hydrogen (secondary N) is 3. The van der Waals surface area contributed by atoms with Gasteiger partial charge in [-0.2, -0.15) is 5.10 Å². The number of carbonyl (C=O) groups is 2. The molecule has 3 aromatic rings. The Kier molecular flexibility index (Phi) is 5.00. The molecule has 2 amide bonds. The van der Waals surface area contributed by atoms with Crippen LogP contribution in [-0.2, 0) is 11.3 Å². The number of fused-ring (bicyclic) bond motifs is 1. The van der Waals surface area contributed by atoms with Crippen LogP contribution >= 0.6 is 12.2 Å². The number of hydrazine groups is 1. The molecular weight excluding hydrogens is 394 g/mol. The molecule has 148 valence electrons. The molecule has 29 heavy (non-hydrogen) atoms. The molecule has 0 fully saturated rings. The molecule has 0 bridgehead atoms. The molecule has 1 aliphatic rings. The zero-order valence-corrected chi connectivity index (χ0v) is 16.2. The summed E-state index contributed by atoms with van der Waals surface area (Å²) < 4.78 is 12.3. The van der Waals surface area contributed by atoms with E-state index < -0.39 is 11.8 Å². The van der Waals surface area contributed by atoms with Crippen molar-refractivity contribution in [3.63, 3.8) is 0 Å². The van der Waals surface area contributed by atoms with E-state index in [9.17, 15) is 9.59 Å². The van der Waals surface area contributed by atoms with Crippen molar-refractivity contribution in [3.8, 4) is 22.9 Å². The molecule has 0 radical (unpaired) electrons. The van der Waals surface area contributed by atoms with Crippen LogP contribution in [-0.4, -0.2) is 33.4 Å². The Morgan fingerprint density at radius 1 is 1.17 bits per heavy atom. The summed E-state index contributed by atoms with van der Waals surface area (Å²) >= 11 is 5.23. The van der Waals surface area contributed by atoms with Gasteiger partial charge in [0.25, 0.3) is 11.8 Å². The van der Waals surface area contributed by atoms with Gasteiger partial charge in [-0.05, 0) is 43.4 Å². The van der Waals surface area contributed by atoms with E-state index in [2.05, 4.69) is 21.0 Å². The van der Waals surface area contributed by atoms with E-state index >= 15 is 0 Å². The van der Waals surface area contributed by atoms with Crippen molar-refractivity contribution in [2.45, 2.75) is 13.5 Å². The Bertz CT molecular complexity index is 1150. The van der Waals surface area contributed by atoms with Gasteiger partial charge in [0.05, 0.1) is 0 Å². The Labute approximate surface area is 170 Å². The highest BCUT2D eigenvalue weighted by atomic mass is 32.1. The molecule has 0 aliphatic carbocycles. The molecule has 0 unspecified atom stereocenters. The molecular formula is C19H17N5O4S. The van der Waals surface area contributed by atoms with Crippen LogP contribution in [0.15, 0.2) is 42.5 Å². The van der Waals surface area contributed by atoms with Crippen LogP contribution in [0.4, 0.5) is 0 Å². The van der Waals surface area contributed by atoms with Crippen molar-refractivity contribution >= 4 is 24.0 Å². The largest absolute Gasteiger partial charge is 0.454 e. The lowest BCUT2D eigenvalue weighted by Crippen LogP contribution is -2.43. The zero-order chi connectivity index (χ0) is 20.4. The molecule has 2 heterocycles. The van der Waals surface area contributed by atoms with Crippen molar-refractivity contribution in [3.05, 3.63) is 58.4 Å². The standard InChI is InChI=1S/C19H17N5O4S/c1-11-3-2-4-12(7-11)17-21-23-19(29)24(17)9-16(25)20-22-18(26)13-5-6-14-15(8-13)28-10-27-14/h2-8H,9-10H2,1H3,(H,20,25)(H,22,26)(H,23,29). The summed E-state index contributed by atoms with van der Waals surface area (Å²) in [7, 11) is 0. The second-order valence-electron chi connectivity index (χ2n) is 6.38. The fourth-order valence-corrected chi connectivity index (χ4v) is 3.09. The summed E-state index contributed by atoms with van der Waals surface area (Å²) in [5, 5.41) is 6.91. The Morgan fingerprint density at radius 2 is 2.00 bits per heavy atom. The predicted octanol–water partition coefficient (Wildman–Crippen LogP) is 2.11. The average molecular weight is 411 g/mol. The van der Waals surface area contributed by atoms with Gasteiger partial charge in [-0.3, -0.25) is 30.1 Å². The number of benzene rings is 2. The lowest BCUT2D eigenvalue weighted by atomic mass is 10.1. The minimum atomic E-state index is -0.480. The molecule has 0 saturated heterocycles. The summed E-state index contributed by atoms with van der Waals surface area (Å²) in [5.41, 5.74) is 6.98. The molecule has 1 aliphatic heterocycles. The van der Waals surface area contributed by atoms with E-state index in [0.29, 0.717) is 27.7 Å². The third-order valence-electron chi connectivity index (χ3n) is 4.29. The number of nitrogens with zero attached hydrogens (tertiary/aromatic N) is 2. The third-order valence-corrected chi connectivity index (χ3v) is 4.60. The lowest BCUT2D eigenvalue weighted by Gasteiger charge is -2.10. The number of hydrogen-bond acceptors (Lipinski definition) is 6. The van der Waals surface area contributed by atoms with Gasteiger partial charge in [0.2, 0.25) is 6.79 Å². The summed E-state index contributed by atoms with van der Waals surface area (Å²) in [6, 6.07) is 12.5. The smallest absolute Gasteiger partial charge is 0.269 e. The van der Waals surface area contributed by atoms with Gasteiger partial charge >= 0.3 is 0 Å². The van der Waals surface area contributed by atoms with E-state index in [-0.39, 0.29) is 13.3 Å². The first-order chi connectivity index (χ1) is 14.0. The SMILES string of the molecule is Cc1cccc(-c2n[nH]c(=S)n2CC(=O)NNC(=O)c2ccc3c(c2)OCO3)c1. The van der Waals surface area contributed by atoms with Crippen molar-refractivity contribution in [1.82, 2.24) is 25.6 Å². The van der Waals surface area contributed by atoms with E-state index in [1.807, 2.05) is 31.2 Å². The van der Waals surface area contributed by atoms with Crippen LogP contribution in [0.5, 0.6) is 11.5 Å². The molecule has 1 aromatic heterocycles. The summed E-state index contributed by atoms with van der Waals surface area (Å²) in [6.07, 6.45) is 0. The number of hydrogen-bond donors (Lipinski definition) is 3. The van der Waals surface area contributed by atoms with E-state index in [0.717, 1.165) is 11.1 Å². The van der Waals surface area contributed by atoms with Crippen molar-refractivity contribution in [1.29, 1.82) is 0 Å². The first-order valence-electron chi connectivity index (χ1n) is 8.72. The molecule has 3 N–H and O–H groups in total. The van der Waals surface area contributed by atoms with Crippen LogP contribution in [0.2, 0.25) is 0 Å². The fraction of sp³-hybridized carbons (Fsp3) is 0.158. The maximum absolute atomic E-state index is 12.4. The highest BCUT2D eigenvalue weighted by Gasteiger charge is 2.17. The number of rotatable bonds is 4. The number of H-pyrrole nitrogens is 1. The van der Waals surface area contributed by atoms with Gasteiger partial charge in [0.1, 0.15) is 6.54 Å². The topological polar surface area (TPSA) is 110 Å². The number of aromatic amines is 1. The van der Waals surface area contributed by atoms with Crippen molar-refractivity contribution < 1.29 is 19.1 Å². The third kappa shape index (κ3) is 3.97. The number of aromatic nitrogens is 3. The minimum Gasteiger partial charge on any atom is -0.454 e. The Morgan fingerprint density at radius 3 is 2.83 bits per heavy atom. The van der Waals surface area contributed by atoms with Crippen LogP contribution in [0, 0.1) is 11.7 Å². The molecule has 2 aromatic carbocycles. The first-order valence-corrected chi connectivity index (χ1v) is 9.13. The monoisotopic (exact) mass is 411 g/mol. The van der Waals surface area contributed by atoms with E-state index in [1.165, 1.54) is 0 Å². The van der Waals surface area contributed by atoms with E-state index in [4.69, 9.17) is 21.7 Å². The van der Waals surface area contributed by atoms with Gasteiger partial charge in [0.15, 0.2) is 22.1 Å². The van der Waals surface area contributed by atoms with Crippen LogP contribution < -0.4 is 20.3 Å². The Balaban J connectivity index is 1.42. The zero-order valence-electron chi connectivity index (χ0n) is 15.4. The minimum absolute atomic E-state index is 0.111. The maximum Gasteiger partial charge on any atom is 0.269 e. The molecule has 0 saturated carbocycles. The normalized spacial score (nSPS) is 11.9. The summed E-state index contributed by atoms with van der Waals surface area (Å²) in [5.74, 6) is 0.660. The van der Waals surface area contributed by atoms with E-state index in [1.54, 1.807) is 22.8 Å². The number of amides is 2. The number of aryl methyl sites for hydroxylation is 1. The number of ether oxygens (including phenoxy) is 2. The van der Waals surface area contributed by atoms with Crippen LogP contribution in [0.25, 0.3) is 11.4 Å². The highest BCUT2D eigenvalue weighted by Crippen LogP contribution is 2.32. The molecule has 10 heteroatoms. The average Bonchev–Trinajstić information content (AvgIpc) is 3.32. The first kappa shape index (κ1) is 18.7. The number of carbonyl (C=O) groups excluding carboxylic acids is 2. The Hall–Kier alpha value is -3.66. The van der Waals surface area contributed by atoms with Gasteiger partial charge in [-0.25, -0.2) is 0 Å². The van der Waals surface area contributed by atoms with Crippen LogP contribution in [0.1, 0.15) is 15.9 Å². The van der Waals surface area contributed by atoms with Gasteiger partial charge < -0.3 is 9.47 Å². The fourth-order valence-electron chi connectivity index (χ4n) is 2.89. The van der Waals surface area contributed by atoms with Gasteiger partial charge in [-0.15, -0.1) is 0 Å². The van der Waals surface area contributed by atoms with Crippen molar-refractivity contribution in [2.24, 2.45) is 0 Å².